The van der Waals surface area contributed by atoms with Crippen LogP contribution in [0.25, 0.3) is 11.2 Å². The molecule has 3 N–H and O–H groups in total. The first-order valence-corrected chi connectivity index (χ1v) is 7.34. The van der Waals surface area contributed by atoms with E-state index in [4.69, 9.17) is 10.5 Å². The number of hydrogen-bond acceptors (Lipinski definition) is 5. The Hall–Kier alpha value is -3.15. The molecule has 0 radical (unpaired) electrons. The first-order chi connectivity index (χ1) is 11.3. The number of nitrogen functional groups attached to an aromatic ring is 1. The van der Waals surface area contributed by atoms with E-state index in [0.717, 1.165) is 5.56 Å². The molecule has 0 aliphatic carbocycles. The highest BCUT2D eigenvalue weighted by Crippen LogP contribution is 2.24. The summed E-state index contributed by atoms with van der Waals surface area (Å²) < 4.78 is 5.51. The quantitative estimate of drug-likeness (QED) is 0.776. The number of nitrogens with zero attached hydrogens (tertiary/aromatic N) is 3. The molecule has 1 aliphatic heterocycles. The summed E-state index contributed by atoms with van der Waals surface area (Å²) in [5.41, 5.74) is 8.39. The smallest absolute Gasteiger partial charge is 0.183 e. The monoisotopic (exact) mass is 305 g/mol. The van der Waals surface area contributed by atoms with Gasteiger partial charge >= 0.3 is 0 Å². The molecule has 0 saturated heterocycles. The summed E-state index contributed by atoms with van der Waals surface area (Å²) >= 11 is 0. The van der Waals surface area contributed by atoms with Crippen molar-refractivity contribution < 1.29 is 4.74 Å². The molecule has 1 aromatic carbocycles. The first-order valence-electron chi connectivity index (χ1n) is 7.34. The van der Waals surface area contributed by atoms with Crippen LogP contribution in [-0.2, 0) is 11.2 Å². The number of anilines is 1. The molecule has 0 saturated carbocycles. The van der Waals surface area contributed by atoms with Crippen LogP contribution in [0.1, 0.15) is 23.3 Å². The van der Waals surface area contributed by atoms with Gasteiger partial charge in [0.1, 0.15) is 11.3 Å². The number of aromatic amines is 1. The molecule has 1 unspecified atom stereocenters. The van der Waals surface area contributed by atoms with Crippen LogP contribution in [0.15, 0.2) is 54.8 Å². The Kier molecular flexibility index (Phi) is 3.27. The van der Waals surface area contributed by atoms with Crippen LogP contribution >= 0.6 is 0 Å². The number of benzene rings is 1. The number of H-pyrrole nitrogens is 1. The van der Waals surface area contributed by atoms with Gasteiger partial charge in [0.25, 0.3) is 0 Å². The van der Waals surface area contributed by atoms with Crippen LogP contribution in [0, 0.1) is 0 Å². The van der Waals surface area contributed by atoms with Gasteiger partial charge in [-0.2, -0.15) is 0 Å². The molecule has 0 amide bonds. The predicted molar refractivity (Wildman–Crippen MR) is 87.5 cm³/mol. The predicted octanol–water partition coefficient (Wildman–Crippen LogP) is 2.67. The van der Waals surface area contributed by atoms with E-state index in [-0.39, 0.29) is 6.10 Å². The maximum absolute atomic E-state index is 6.06. The van der Waals surface area contributed by atoms with E-state index in [1.54, 1.807) is 6.26 Å². The van der Waals surface area contributed by atoms with Gasteiger partial charge in [0.2, 0.25) is 0 Å². The topological polar surface area (TPSA) is 89.7 Å². The van der Waals surface area contributed by atoms with Crippen molar-refractivity contribution in [2.45, 2.75) is 12.5 Å². The van der Waals surface area contributed by atoms with Gasteiger partial charge in [0.05, 0.1) is 6.26 Å². The molecule has 1 atom stereocenters. The minimum atomic E-state index is -0.258. The molecule has 3 heterocycles. The van der Waals surface area contributed by atoms with Crippen LogP contribution in [0.4, 0.5) is 5.82 Å². The lowest BCUT2D eigenvalue weighted by molar-refractivity contribution is 0.179. The van der Waals surface area contributed by atoms with Gasteiger partial charge in [-0.1, -0.05) is 36.4 Å². The van der Waals surface area contributed by atoms with E-state index in [1.807, 2.05) is 48.6 Å². The number of nitrogens with two attached hydrogens (primary N) is 1. The number of imidazole rings is 1. The van der Waals surface area contributed by atoms with E-state index in [2.05, 4.69) is 19.9 Å². The number of rotatable bonds is 3. The van der Waals surface area contributed by atoms with Crippen LogP contribution < -0.4 is 5.73 Å². The van der Waals surface area contributed by atoms with Crippen LogP contribution in [-0.4, -0.2) is 19.9 Å². The summed E-state index contributed by atoms with van der Waals surface area (Å²) in [6, 6.07) is 10.0. The highest BCUT2D eigenvalue weighted by Gasteiger charge is 2.17. The lowest BCUT2D eigenvalue weighted by atomic mass is 10.1. The average Bonchev–Trinajstić information content (AvgIpc) is 3.01. The minimum Gasteiger partial charge on any atom is -0.486 e. The Morgan fingerprint density at radius 1 is 1.09 bits per heavy atom. The molecule has 2 aromatic heterocycles. The highest BCUT2D eigenvalue weighted by atomic mass is 16.5. The summed E-state index contributed by atoms with van der Waals surface area (Å²) in [5.74, 6) is 1.72. The second kappa shape index (κ2) is 5.57. The second-order valence-electron chi connectivity index (χ2n) is 5.28. The zero-order valence-corrected chi connectivity index (χ0v) is 12.3. The molecule has 6 heteroatoms. The van der Waals surface area contributed by atoms with Gasteiger partial charge in [-0.25, -0.2) is 15.0 Å². The van der Waals surface area contributed by atoms with Crippen molar-refractivity contribution in [1.82, 2.24) is 19.9 Å². The number of aromatic nitrogens is 4. The maximum atomic E-state index is 6.06. The van der Waals surface area contributed by atoms with Gasteiger partial charge in [-0.15, -0.1) is 0 Å². The third-order valence-corrected chi connectivity index (χ3v) is 3.62. The van der Waals surface area contributed by atoms with Gasteiger partial charge in [-0.05, 0) is 17.7 Å². The first kappa shape index (κ1) is 13.5. The largest absolute Gasteiger partial charge is 0.486 e. The molecule has 0 fully saturated rings. The van der Waals surface area contributed by atoms with Crippen molar-refractivity contribution >= 4 is 17.0 Å². The fraction of sp³-hybridized carbons (Fsp3) is 0.118. The number of nitrogens with one attached hydrogen (secondary N) is 1. The Bertz CT molecular complexity index is 898. The number of allylic oxidation sites excluding steroid dienone is 2. The van der Waals surface area contributed by atoms with Crippen LogP contribution in [0.2, 0.25) is 0 Å². The number of hydrogen-bond donors (Lipinski definition) is 2. The van der Waals surface area contributed by atoms with E-state index in [9.17, 15) is 0 Å². The second-order valence-corrected chi connectivity index (χ2v) is 5.28. The van der Waals surface area contributed by atoms with E-state index in [1.165, 1.54) is 0 Å². The van der Waals surface area contributed by atoms with Crippen LogP contribution in [0.3, 0.4) is 0 Å². The maximum Gasteiger partial charge on any atom is 0.183 e. The van der Waals surface area contributed by atoms with E-state index in [0.29, 0.717) is 35.1 Å². The lowest BCUT2D eigenvalue weighted by Crippen LogP contribution is -2.01. The minimum absolute atomic E-state index is 0.258. The van der Waals surface area contributed by atoms with Crippen molar-refractivity contribution in [3.05, 3.63) is 72.0 Å². The van der Waals surface area contributed by atoms with Gasteiger partial charge < -0.3 is 15.5 Å². The molecule has 0 spiro atoms. The summed E-state index contributed by atoms with van der Waals surface area (Å²) in [5, 5.41) is 0. The molecule has 6 nitrogen and oxygen atoms in total. The SMILES string of the molecule is Nc1nc(Cc2ccccc2)nc2nc(C3C=CC=CO3)[nH]c12. The molecule has 0 bridgehead atoms. The molecule has 3 aromatic rings. The summed E-state index contributed by atoms with van der Waals surface area (Å²) in [6.07, 6.45) is 7.64. The average molecular weight is 305 g/mol. The van der Waals surface area contributed by atoms with Crippen LogP contribution in [0.5, 0.6) is 0 Å². The molecule has 4 rings (SSSR count). The lowest BCUT2D eigenvalue weighted by Gasteiger charge is -2.11. The third kappa shape index (κ3) is 2.66. The van der Waals surface area contributed by atoms with Crippen molar-refractivity contribution in [1.29, 1.82) is 0 Å². The Morgan fingerprint density at radius 3 is 2.74 bits per heavy atom. The molecule has 114 valence electrons. The Morgan fingerprint density at radius 2 is 1.96 bits per heavy atom. The van der Waals surface area contributed by atoms with Crippen molar-refractivity contribution in [3.63, 3.8) is 0 Å². The van der Waals surface area contributed by atoms with Gasteiger partial charge in [0, 0.05) is 6.42 Å². The number of ether oxygens (including phenoxy) is 1. The summed E-state index contributed by atoms with van der Waals surface area (Å²) in [7, 11) is 0. The number of fused-ring (bicyclic) bond motifs is 1. The Labute approximate surface area is 132 Å². The standard InChI is InChI=1S/C17H15N5O/c18-15-14-17(22-16(21-14)12-8-4-5-9-23-12)20-13(19-15)10-11-6-2-1-3-7-11/h1-9,12H,10H2,(H3,18,19,20,21,22). The summed E-state index contributed by atoms with van der Waals surface area (Å²) in [4.78, 5) is 16.5. The zero-order valence-electron chi connectivity index (χ0n) is 12.3. The van der Waals surface area contributed by atoms with Crippen molar-refractivity contribution in [2.24, 2.45) is 0 Å². The van der Waals surface area contributed by atoms with Gasteiger partial charge in [0.15, 0.2) is 23.4 Å². The van der Waals surface area contributed by atoms with E-state index >= 15 is 0 Å². The fourth-order valence-electron chi connectivity index (χ4n) is 2.52. The molecular formula is C17H15N5O. The molecule has 23 heavy (non-hydrogen) atoms. The normalized spacial score (nSPS) is 16.6. The van der Waals surface area contributed by atoms with Gasteiger partial charge in [-0.3, -0.25) is 0 Å². The zero-order chi connectivity index (χ0) is 15.6. The Balaban J connectivity index is 1.69. The van der Waals surface area contributed by atoms with E-state index < -0.39 is 0 Å². The molecular weight excluding hydrogens is 290 g/mol. The fourth-order valence-corrected chi connectivity index (χ4v) is 2.52. The van der Waals surface area contributed by atoms with Crippen molar-refractivity contribution in [2.75, 3.05) is 5.73 Å². The molecule has 1 aliphatic rings. The highest BCUT2D eigenvalue weighted by molar-refractivity contribution is 5.81. The third-order valence-electron chi connectivity index (χ3n) is 3.62. The summed E-state index contributed by atoms with van der Waals surface area (Å²) in [6.45, 7) is 0. The van der Waals surface area contributed by atoms with Crippen molar-refractivity contribution in [3.8, 4) is 0 Å².